The van der Waals surface area contributed by atoms with Crippen molar-refractivity contribution in [2.45, 2.75) is 20.0 Å². The lowest BCUT2D eigenvalue weighted by molar-refractivity contribution is -0.386. The van der Waals surface area contributed by atoms with Crippen LogP contribution in [0.1, 0.15) is 36.1 Å². The van der Waals surface area contributed by atoms with Gasteiger partial charge in [-0.1, -0.05) is 0 Å². The third-order valence-electron chi connectivity index (χ3n) is 2.34. The molecule has 1 aromatic heterocycles. The number of carbonyl (C=O) groups excluding carboxylic acids is 1. The Balaban J connectivity index is 3.31. The molecule has 0 bridgehead atoms. The monoisotopic (exact) mass is 242 g/mol. The van der Waals surface area contributed by atoms with Gasteiger partial charge in [0.05, 0.1) is 17.6 Å². The number of rotatable bonds is 4. The van der Waals surface area contributed by atoms with Gasteiger partial charge in [0.1, 0.15) is 11.4 Å². The maximum atomic E-state index is 11.5. The Bertz CT molecular complexity index is 450. The predicted octanol–water partition coefficient (Wildman–Crippen LogP) is 1.16. The van der Waals surface area contributed by atoms with Gasteiger partial charge in [-0.3, -0.25) is 10.1 Å². The Hall–Kier alpha value is -1.89. The predicted molar refractivity (Wildman–Crippen MR) is 58.7 cm³/mol. The summed E-state index contributed by atoms with van der Waals surface area (Å²) in [6.07, 6.45) is -1.04. The number of esters is 1. The quantitative estimate of drug-likeness (QED) is 0.485. The Morgan fingerprint density at radius 1 is 1.71 bits per heavy atom. The van der Waals surface area contributed by atoms with E-state index in [-0.39, 0.29) is 23.7 Å². The van der Waals surface area contributed by atoms with Gasteiger partial charge >= 0.3 is 5.97 Å². The summed E-state index contributed by atoms with van der Waals surface area (Å²) in [5.74, 6) is -0.648. The molecule has 17 heavy (non-hydrogen) atoms. The van der Waals surface area contributed by atoms with Gasteiger partial charge in [-0.15, -0.1) is 0 Å². The third-order valence-corrected chi connectivity index (χ3v) is 2.34. The molecule has 1 aromatic rings. The first-order chi connectivity index (χ1) is 7.90. The molecule has 0 saturated carbocycles. The van der Waals surface area contributed by atoms with E-state index < -0.39 is 17.0 Å². The second kappa shape index (κ2) is 4.96. The second-order valence-corrected chi connectivity index (χ2v) is 3.51. The molecule has 1 unspecified atom stereocenters. The zero-order valence-corrected chi connectivity index (χ0v) is 9.84. The molecule has 0 aromatic carbocycles. The highest BCUT2D eigenvalue weighted by Crippen LogP contribution is 2.28. The van der Waals surface area contributed by atoms with Gasteiger partial charge in [-0.25, -0.2) is 4.79 Å². The number of nitrogens with zero attached hydrogens (tertiary/aromatic N) is 2. The number of carbonyl (C=O) groups is 1. The standard InChI is InChI=1S/C10H14N2O5/c1-4-17-10(14)8-5-7(12(15)16)9(6(2)13)11(8)3/h5-6,13H,4H2,1-3H3. The lowest BCUT2D eigenvalue weighted by Crippen LogP contribution is -2.12. The molecular formula is C10H14N2O5. The van der Waals surface area contributed by atoms with Gasteiger partial charge in [0.2, 0.25) is 0 Å². The molecule has 1 rings (SSSR count). The molecular weight excluding hydrogens is 228 g/mol. The van der Waals surface area contributed by atoms with Crippen molar-refractivity contribution >= 4 is 11.7 Å². The van der Waals surface area contributed by atoms with Gasteiger partial charge in [-0.2, -0.15) is 0 Å². The average Bonchev–Trinajstić information content (AvgIpc) is 2.56. The highest BCUT2D eigenvalue weighted by atomic mass is 16.6. The van der Waals surface area contributed by atoms with Crippen LogP contribution < -0.4 is 0 Å². The van der Waals surface area contributed by atoms with E-state index in [4.69, 9.17) is 4.74 Å². The number of ether oxygens (including phenoxy) is 1. The van der Waals surface area contributed by atoms with Crippen molar-refractivity contribution in [3.63, 3.8) is 0 Å². The second-order valence-electron chi connectivity index (χ2n) is 3.51. The van der Waals surface area contributed by atoms with Gasteiger partial charge in [-0.05, 0) is 13.8 Å². The van der Waals surface area contributed by atoms with Crippen LogP contribution in [-0.4, -0.2) is 27.2 Å². The van der Waals surface area contributed by atoms with Crippen molar-refractivity contribution in [1.82, 2.24) is 4.57 Å². The smallest absolute Gasteiger partial charge is 0.355 e. The Morgan fingerprint density at radius 3 is 2.65 bits per heavy atom. The SMILES string of the molecule is CCOC(=O)c1cc([N+](=O)[O-])c(C(C)O)n1C. The molecule has 1 atom stereocenters. The fourth-order valence-corrected chi connectivity index (χ4v) is 1.64. The summed E-state index contributed by atoms with van der Waals surface area (Å²) in [5, 5.41) is 20.3. The van der Waals surface area contributed by atoms with E-state index in [9.17, 15) is 20.0 Å². The van der Waals surface area contributed by atoms with Crippen LogP contribution in [0.15, 0.2) is 6.07 Å². The van der Waals surface area contributed by atoms with Gasteiger partial charge < -0.3 is 14.4 Å². The molecule has 1 N–H and O–H groups in total. The summed E-state index contributed by atoms with van der Waals surface area (Å²) in [6.45, 7) is 3.23. The lowest BCUT2D eigenvalue weighted by atomic mass is 10.2. The van der Waals surface area contributed by atoms with Crippen LogP contribution in [0.3, 0.4) is 0 Å². The van der Waals surface area contributed by atoms with Crippen molar-refractivity contribution in [3.05, 3.63) is 27.6 Å². The molecule has 0 aliphatic carbocycles. The molecule has 0 radical (unpaired) electrons. The van der Waals surface area contributed by atoms with Gasteiger partial charge in [0, 0.05) is 13.1 Å². The van der Waals surface area contributed by atoms with Crippen LogP contribution in [0.2, 0.25) is 0 Å². The molecule has 1 heterocycles. The fourth-order valence-electron chi connectivity index (χ4n) is 1.64. The normalized spacial score (nSPS) is 12.2. The Morgan fingerprint density at radius 2 is 2.29 bits per heavy atom. The number of aliphatic hydroxyl groups excluding tert-OH is 1. The summed E-state index contributed by atoms with van der Waals surface area (Å²) in [6, 6.07) is 1.11. The molecule has 0 aliphatic heterocycles. The van der Waals surface area contributed by atoms with E-state index >= 15 is 0 Å². The van der Waals surface area contributed by atoms with Crippen molar-refractivity contribution < 1.29 is 19.6 Å². The minimum atomic E-state index is -1.04. The molecule has 7 nitrogen and oxygen atoms in total. The maximum absolute atomic E-state index is 11.5. The van der Waals surface area contributed by atoms with Crippen LogP contribution in [-0.2, 0) is 11.8 Å². The van der Waals surface area contributed by atoms with Crippen molar-refractivity contribution in [3.8, 4) is 0 Å². The van der Waals surface area contributed by atoms with Crippen LogP contribution in [0, 0.1) is 10.1 Å². The number of aliphatic hydroxyl groups is 1. The van der Waals surface area contributed by atoms with E-state index in [1.807, 2.05) is 0 Å². The molecule has 94 valence electrons. The van der Waals surface area contributed by atoms with E-state index in [0.717, 1.165) is 6.07 Å². The van der Waals surface area contributed by atoms with E-state index in [1.165, 1.54) is 18.5 Å². The van der Waals surface area contributed by atoms with Crippen LogP contribution in [0.4, 0.5) is 5.69 Å². The highest BCUT2D eigenvalue weighted by Gasteiger charge is 2.28. The minimum Gasteiger partial charge on any atom is -0.461 e. The number of hydrogen-bond acceptors (Lipinski definition) is 5. The first kappa shape index (κ1) is 13.2. The first-order valence-corrected chi connectivity index (χ1v) is 5.09. The summed E-state index contributed by atoms with van der Waals surface area (Å²) in [4.78, 5) is 21.7. The minimum absolute atomic E-state index is 0.0504. The zero-order valence-electron chi connectivity index (χ0n) is 9.84. The summed E-state index contributed by atoms with van der Waals surface area (Å²) in [5.41, 5.74) is -0.155. The third kappa shape index (κ3) is 2.44. The number of nitro groups is 1. The molecule has 0 spiro atoms. The molecule has 7 heteroatoms. The largest absolute Gasteiger partial charge is 0.461 e. The van der Waals surface area contributed by atoms with Crippen molar-refractivity contribution in [1.29, 1.82) is 0 Å². The topological polar surface area (TPSA) is 94.6 Å². The first-order valence-electron chi connectivity index (χ1n) is 5.09. The van der Waals surface area contributed by atoms with Gasteiger partial charge in [0.15, 0.2) is 0 Å². The Kier molecular flexibility index (Phi) is 3.84. The van der Waals surface area contributed by atoms with Crippen molar-refractivity contribution in [2.75, 3.05) is 6.61 Å². The molecule has 0 saturated heterocycles. The van der Waals surface area contributed by atoms with Crippen LogP contribution in [0.5, 0.6) is 0 Å². The number of hydrogen-bond donors (Lipinski definition) is 1. The summed E-state index contributed by atoms with van der Waals surface area (Å²) in [7, 11) is 1.47. The molecule has 0 aliphatic rings. The maximum Gasteiger partial charge on any atom is 0.355 e. The lowest BCUT2D eigenvalue weighted by Gasteiger charge is -2.08. The van der Waals surface area contributed by atoms with E-state index in [1.54, 1.807) is 6.92 Å². The van der Waals surface area contributed by atoms with Crippen LogP contribution in [0.25, 0.3) is 0 Å². The molecule has 0 fully saturated rings. The van der Waals surface area contributed by atoms with E-state index in [2.05, 4.69) is 0 Å². The Labute approximate surface area is 97.8 Å². The van der Waals surface area contributed by atoms with Gasteiger partial charge in [0.25, 0.3) is 5.69 Å². The van der Waals surface area contributed by atoms with Crippen LogP contribution >= 0.6 is 0 Å². The average molecular weight is 242 g/mol. The summed E-state index contributed by atoms with van der Waals surface area (Å²) < 4.78 is 6.05. The molecule has 0 amide bonds. The summed E-state index contributed by atoms with van der Waals surface area (Å²) >= 11 is 0. The highest BCUT2D eigenvalue weighted by molar-refractivity contribution is 5.89. The fraction of sp³-hybridized carbons (Fsp3) is 0.500. The van der Waals surface area contributed by atoms with E-state index in [0.29, 0.717) is 0 Å². The van der Waals surface area contributed by atoms with Crippen molar-refractivity contribution in [2.24, 2.45) is 7.05 Å². The zero-order chi connectivity index (χ0) is 13.2. The number of aromatic nitrogens is 1.